The zero-order chi connectivity index (χ0) is 22.3. The van der Waals surface area contributed by atoms with Crippen molar-refractivity contribution in [2.45, 2.75) is 18.5 Å². The average Bonchev–Trinajstić information content (AvgIpc) is 3.36. The molecule has 2 atom stereocenters. The summed E-state index contributed by atoms with van der Waals surface area (Å²) in [5.41, 5.74) is 2.49. The highest BCUT2D eigenvalue weighted by Gasteiger charge is 2.31. The van der Waals surface area contributed by atoms with Gasteiger partial charge in [0.05, 0.1) is 6.04 Å². The summed E-state index contributed by atoms with van der Waals surface area (Å²) in [6.45, 7) is 3.17. The summed E-state index contributed by atoms with van der Waals surface area (Å²) in [7, 11) is 0. The van der Waals surface area contributed by atoms with Crippen molar-refractivity contribution < 1.29 is 4.79 Å². The molecule has 3 aromatic rings. The number of hydrogen-bond acceptors (Lipinski definition) is 3. The second-order valence-electron chi connectivity index (χ2n) is 8.15. The fourth-order valence-corrected chi connectivity index (χ4v) is 5.08. The van der Waals surface area contributed by atoms with Crippen molar-refractivity contribution in [3.05, 3.63) is 95.3 Å². The number of carbonyl (C=O) groups excluding carboxylic acids is 1. The summed E-state index contributed by atoms with van der Waals surface area (Å²) in [6.07, 6.45) is 6.96. The number of halogens is 1. The Morgan fingerprint density at radius 3 is 2.16 bits per heavy atom. The highest BCUT2D eigenvalue weighted by molar-refractivity contribution is 7.98. The predicted octanol–water partition coefficient (Wildman–Crippen LogP) is 5.37. The van der Waals surface area contributed by atoms with E-state index in [0.717, 1.165) is 43.4 Å². The Bertz CT molecular complexity index is 970. The number of piperazine rings is 1. The van der Waals surface area contributed by atoms with Crippen LogP contribution < -0.4 is 0 Å². The van der Waals surface area contributed by atoms with Crippen LogP contribution in [0.2, 0.25) is 5.02 Å². The third-order valence-corrected chi connectivity index (χ3v) is 7.06. The topological polar surface area (TPSA) is 28.5 Å². The Hall–Kier alpha value is -2.21. The van der Waals surface area contributed by atoms with Gasteiger partial charge in [-0.05, 0) is 53.8 Å². The van der Waals surface area contributed by atoms with E-state index >= 15 is 0 Å². The van der Waals surface area contributed by atoms with Crippen LogP contribution >= 0.6 is 23.4 Å². The van der Waals surface area contributed by atoms with Crippen LogP contribution in [0.15, 0.2) is 79.1 Å². The zero-order valence-electron chi connectivity index (χ0n) is 18.4. The van der Waals surface area contributed by atoms with Gasteiger partial charge in [-0.3, -0.25) is 9.69 Å². The number of rotatable bonds is 8. The second kappa shape index (κ2) is 11.1. The van der Waals surface area contributed by atoms with Gasteiger partial charge in [0, 0.05) is 43.6 Å². The fraction of sp³-hybridized carbons (Fsp3) is 0.346. The summed E-state index contributed by atoms with van der Waals surface area (Å²) in [5, 5.41) is 0.747. The van der Waals surface area contributed by atoms with Gasteiger partial charge < -0.3 is 9.47 Å². The molecule has 6 heteroatoms. The minimum absolute atomic E-state index is 0.120. The molecule has 0 aliphatic carbocycles. The molecular weight excluding hydrogens is 438 g/mol. The van der Waals surface area contributed by atoms with E-state index in [-0.39, 0.29) is 18.0 Å². The summed E-state index contributed by atoms with van der Waals surface area (Å²) in [5.74, 6) is 1.21. The van der Waals surface area contributed by atoms with E-state index in [0.29, 0.717) is 0 Å². The van der Waals surface area contributed by atoms with Crippen LogP contribution in [0.25, 0.3) is 0 Å². The van der Waals surface area contributed by atoms with Crippen molar-refractivity contribution in [3.8, 4) is 0 Å². The third-order valence-electron chi connectivity index (χ3n) is 6.16. The number of carbonyl (C=O) groups is 1. The molecule has 1 aliphatic heterocycles. The number of nitrogens with zero attached hydrogens (tertiary/aromatic N) is 3. The minimum Gasteiger partial charge on any atom is -0.342 e. The van der Waals surface area contributed by atoms with Crippen LogP contribution in [-0.4, -0.2) is 58.5 Å². The lowest BCUT2D eigenvalue weighted by Crippen LogP contribution is -2.51. The summed E-state index contributed by atoms with van der Waals surface area (Å²) >= 11 is 7.94. The first-order chi connectivity index (χ1) is 15.7. The number of hydrogen-bond donors (Lipinski definition) is 0. The molecule has 2 heterocycles. The molecule has 32 heavy (non-hydrogen) atoms. The van der Waals surface area contributed by atoms with E-state index in [9.17, 15) is 4.79 Å². The maximum absolute atomic E-state index is 13.4. The van der Waals surface area contributed by atoms with Gasteiger partial charge in [-0.25, -0.2) is 0 Å². The van der Waals surface area contributed by atoms with Gasteiger partial charge in [-0.15, -0.1) is 0 Å². The molecule has 0 N–H and O–H groups in total. The molecule has 4 rings (SSSR count). The van der Waals surface area contributed by atoms with Crippen molar-refractivity contribution in [3.63, 3.8) is 0 Å². The first-order valence-corrected chi connectivity index (χ1v) is 12.9. The Balaban J connectivity index is 1.49. The largest absolute Gasteiger partial charge is 0.342 e. The average molecular weight is 468 g/mol. The van der Waals surface area contributed by atoms with Gasteiger partial charge >= 0.3 is 0 Å². The lowest BCUT2D eigenvalue weighted by Gasteiger charge is -2.41. The maximum atomic E-state index is 13.4. The molecule has 1 amide bonds. The zero-order valence-corrected chi connectivity index (χ0v) is 20.0. The molecule has 1 fully saturated rings. The van der Waals surface area contributed by atoms with E-state index in [2.05, 4.69) is 58.2 Å². The number of thioether (sulfide) groups is 1. The molecule has 0 spiro atoms. The van der Waals surface area contributed by atoms with Gasteiger partial charge in [-0.1, -0.05) is 54.1 Å². The lowest BCUT2D eigenvalue weighted by molar-refractivity contribution is -0.136. The molecule has 2 aromatic carbocycles. The summed E-state index contributed by atoms with van der Waals surface area (Å²) < 4.78 is 2.06. The molecule has 1 aliphatic rings. The van der Waals surface area contributed by atoms with E-state index in [1.54, 1.807) is 11.8 Å². The number of benzene rings is 2. The number of aromatic nitrogens is 1. The first kappa shape index (κ1) is 23.0. The van der Waals surface area contributed by atoms with E-state index in [4.69, 9.17) is 11.6 Å². The summed E-state index contributed by atoms with van der Waals surface area (Å²) in [4.78, 5) is 17.9. The van der Waals surface area contributed by atoms with Crippen LogP contribution in [0.5, 0.6) is 0 Å². The van der Waals surface area contributed by atoms with Crippen molar-refractivity contribution in [1.29, 1.82) is 0 Å². The van der Waals surface area contributed by atoms with Crippen molar-refractivity contribution in [2.75, 3.05) is 38.2 Å². The van der Waals surface area contributed by atoms with Gasteiger partial charge in [0.25, 0.3) is 0 Å². The van der Waals surface area contributed by atoms with E-state index < -0.39 is 0 Å². The lowest BCUT2D eigenvalue weighted by atomic mass is 9.96. The third kappa shape index (κ3) is 5.40. The minimum atomic E-state index is -0.120. The molecular formula is C26H30ClN3OS. The summed E-state index contributed by atoms with van der Waals surface area (Å²) in [6, 6.07) is 22.8. The highest BCUT2D eigenvalue weighted by Crippen LogP contribution is 2.31. The second-order valence-corrected chi connectivity index (χ2v) is 9.58. The van der Waals surface area contributed by atoms with Gasteiger partial charge in [0.1, 0.15) is 6.04 Å². The smallest absolute Gasteiger partial charge is 0.245 e. The molecule has 1 aromatic heterocycles. The van der Waals surface area contributed by atoms with Gasteiger partial charge in [-0.2, -0.15) is 11.8 Å². The molecule has 0 radical (unpaired) electrons. The van der Waals surface area contributed by atoms with Crippen molar-refractivity contribution >= 4 is 29.3 Å². The van der Waals surface area contributed by atoms with Crippen LogP contribution in [0.3, 0.4) is 0 Å². The Morgan fingerprint density at radius 1 is 0.906 bits per heavy atom. The molecule has 0 saturated carbocycles. The maximum Gasteiger partial charge on any atom is 0.245 e. The molecule has 1 saturated heterocycles. The van der Waals surface area contributed by atoms with Gasteiger partial charge in [0.15, 0.2) is 0 Å². The van der Waals surface area contributed by atoms with Crippen LogP contribution in [-0.2, 0) is 4.79 Å². The van der Waals surface area contributed by atoms with Gasteiger partial charge in [0.2, 0.25) is 5.91 Å². The van der Waals surface area contributed by atoms with E-state index in [1.165, 1.54) is 11.1 Å². The Kier molecular flexibility index (Phi) is 7.95. The fourth-order valence-electron chi connectivity index (χ4n) is 4.49. The first-order valence-electron chi connectivity index (χ1n) is 11.1. The quantitative estimate of drug-likeness (QED) is 0.446. The molecule has 4 nitrogen and oxygen atoms in total. The Morgan fingerprint density at radius 2 is 1.53 bits per heavy atom. The van der Waals surface area contributed by atoms with Crippen LogP contribution in [0.1, 0.15) is 29.6 Å². The monoisotopic (exact) mass is 467 g/mol. The normalized spacial score (nSPS) is 16.6. The SMILES string of the molecule is CSCC[C@@H](C(=O)N1CCN(C(c2ccccc2)c2ccc(Cl)cc2)CC1)n1cccc1. The van der Waals surface area contributed by atoms with Crippen LogP contribution in [0, 0.1) is 0 Å². The van der Waals surface area contributed by atoms with Crippen LogP contribution in [0.4, 0.5) is 0 Å². The predicted molar refractivity (Wildman–Crippen MR) is 134 cm³/mol. The Labute approximate surface area is 200 Å². The number of amides is 1. The highest BCUT2D eigenvalue weighted by atomic mass is 35.5. The van der Waals surface area contributed by atoms with Crippen molar-refractivity contribution in [2.24, 2.45) is 0 Å². The standard InChI is InChI=1S/C26H30ClN3OS/c1-32-20-13-24(28-14-5-6-15-28)26(31)30-18-16-29(17-19-30)25(21-7-3-2-4-8-21)22-9-11-23(27)12-10-22/h2-12,14-15,24-25H,13,16-20H2,1H3/t24-,25?/m0/s1. The molecule has 168 valence electrons. The molecule has 1 unspecified atom stereocenters. The van der Waals surface area contributed by atoms with E-state index in [1.807, 2.05) is 41.6 Å². The van der Waals surface area contributed by atoms with Crippen molar-refractivity contribution in [1.82, 2.24) is 14.4 Å². The molecule has 0 bridgehead atoms.